The van der Waals surface area contributed by atoms with E-state index in [2.05, 4.69) is 20.6 Å². The largest absolute Gasteiger partial charge is 0.618 e. The average molecular weight is 788 g/mol. The Morgan fingerprint density at radius 3 is 2.17 bits per heavy atom. The van der Waals surface area contributed by atoms with Gasteiger partial charge in [-0.15, -0.1) is 0 Å². The number of carbonyl (C=O) groups is 4. The third-order valence-corrected chi connectivity index (χ3v) is 11.6. The van der Waals surface area contributed by atoms with E-state index in [9.17, 15) is 47.9 Å². The molecular formula is C33H43BN6O12P2. The Hall–Kier alpha value is -4.64. The van der Waals surface area contributed by atoms with Gasteiger partial charge in [-0.3, -0.25) is 33.3 Å². The predicted molar refractivity (Wildman–Crippen MR) is 196 cm³/mol. The fourth-order valence-corrected chi connectivity index (χ4v) is 7.72. The highest BCUT2D eigenvalue weighted by Gasteiger charge is 2.45. The van der Waals surface area contributed by atoms with Crippen LogP contribution < -0.4 is 30.2 Å². The van der Waals surface area contributed by atoms with Crippen molar-refractivity contribution in [2.75, 3.05) is 11.9 Å². The molecule has 1 aromatic heterocycles. The molecule has 0 saturated carbocycles. The van der Waals surface area contributed by atoms with Crippen molar-refractivity contribution in [3.05, 3.63) is 78.4 Å². The lowest BCUT2D eigenvalue weighted by Crippen LogP contribution is -2.57. The summed E-state index contributed by atoms with van der Waals surface area (Å²) in [6.07, 6.45) is 4.74. The Kier molecular flexibility index (Phi) is 14.5. The van der Waals surface area contributed by atoms with Gasteiger partial charge in [0.15, 0.2) is 0 Å². The summed E-state index contributed by atoms with van der Waals surface area (Å²) >= 11 is 0. The molecule has 4 rings (SSSR count). The zero-order valence-electron chi connectivity index (χ0n) is 29.8. The van der Waals surface area contributed by atoms with Crippen LogP contribution >= 0.6 is 15.2 Å². The molecule has 0 unspecified atom stereocenters. The number of fused-ring (bicyclic) bond motifs is 1. The highest BCUT2D eigenvalue weighted by molar-refractivity contribution is 7.70. The molecule has 0 radical (unpaired) electrons. The molecule has 21 heteroatoms. The Morgan fingerprint density at radius 1 is 0.870 bits per heavy atom. The maximum atomic E-state index is 13.8. The summed E-state index contributed by atoms with van der Waals surface area (Å²) in [5, 5.41) is 7.47. The molecule has 3 aromatic rings. The summed E-state index contributed by atoms with van der Waals surface area (Å²) in [6.45, 7) is 3.95. The highest BCUT2D eigenvalue weighted by atomic mass is 31.2. The molecule has 18 nitrogen and oxygen atoms in total. The van der Waals surface area contributed by atoms with Crippen molar-refractivity contribution in [3.8, 4) is 11.5 Å². The minimum absolute atomic E-state index is 0.0126. The second-order valence-corrected chi connectivity index (χ2v) is 16.9. The van der Waals surface area contributed by atoms with E-state index in [1.807, 2.05) is 44.2 Å². The van der Waals surface area contributed by atoms with E-state index in [1.54, 1.807) is 30.6 Å². The number of hydrogen-bond donors (Lipinski definition) is 7. The van der Waals surface area contributed by atoms with Gasteiger partial charge in [0.2, 0.25) is 23.2 Å². The first kappa shape index (κ1) is 42.1. The van der Waals surface area contributed by atoms with Gasteiger partial charge >= 0.3 is 22.3 Å². The first-order chi connectivity index (χ1) is 25.4. The fourth-order valence-electron chi connectivity index (χ4n) is 5.52. The summed E-state index contributed by atoms with van der Waals surface area (Å²) in [5.74, 6) is -2.15. The predicted octanol–water partition coefficient (Wildman–Crippen LogP) is 2.13. The van der Waals surface area contributed by atoms with E-state index in [0.717, 1.165) is 5.56 Å². The Labute approximate surface area is 311 Å². The minimum Gasteiger partial charge on any atom is -0.522 e. The Balaban J connectivity index is 1.37. The van der Waals surface area contributed by atoms with E-state index in [-0.39, 0.29) is 49.6 Å². The van der Waals surface area contributed by atoms with Crippen molar-refractivity contribution < 1.29 is 57.2 Å². The normalized spacial score (nSPS) is 13.7. The van der Waals surface area contributed by atoms with Crippen LogP contribution in [0.2, 0.25) is 0 Å². The first-order valence-corrected chi connectivity index (χ1v) is 20.3. The summed E-state index contributed by atoms with van der Waals surface area (Å²) in [5.41, 5.74) is -1.30. The first-order valence-electron chi connectivity index (χ1n) is 17.0. The molecule has 0 aliphatic carbocycles. The van der Waals surface area contributed by atoms with Crippen molar-refractivity contribution in [1.82, 2.24) is 25.9 Å². The van der Waals surface area contributed by atoms with Crippen molar-refractivity contribution in [1.29, 1.82) is 0 Å². The van der Waals surface area contributed by atoms with Crippen LogP contribution in [0.25, 0.3) is 0 Å². The van der Waals surface area contributed by atoms with Gasteiger partial charge in [-0.2, -0.15) is 0 Å². The second-order valence-electron chi connectivity index (χ2n) is 13.1. The van der Waals surface area contributed by atoms with Crippen molar-refractivity contribution in [2.24, 2.45) is 5.92 Å². The standard InChI is InChI=1S/C33H43BN6O12P2/c1-21(2)17-28(38-31(43)24(18-22-9-5-4-6-10-22)37-32(44)25-20-35-15-16-36-25)34-51-26-14-13-23(19-27(26)52-34)40(3)30(42)12-8-7-11-29(41)39-33(53(45,46)47)54(48,49)50/h4-6,9-10,13-16,19-21,24,28,33H,7-8,11-12,17-18H2,1-3H3,(H,37,44)(H,38,43)(H,39,41)(H2,45,46,47)(H2,48,49,50)/t24-,28-/m1/s1. The number of nitrogens with zero attached hydrogens (tertiary/aromatic N) is 3. The third-order valence-electron chi connectivity index (χ3n) is 8.23. The van der Waals surface area contributed by atoms with Crippen LogP contribution in [0.5, 0.6) is 11.5 Å². The van der Waals surface area contributed by atoms with E-state index in [0.29, 0.717) is 23.6 Å². The highest BCUT2D eigenvalue weighted by Crippen LogP contribution is 2.58. The molecule has 2 atom stereocenters. The average Bonchev–Trinajstić information content (AvgIpc) is 3.55. The summed E-state index contributed by atoms with van der Waals surface area (Å²) in [6, 6.07) is 13.1. The van der Waals surface area contributed by atoms with Crippen LogP contribution in [-0.4, -0.2) is 84.8 Å². The second kappa shape index (κ2) is 18.6. The number of hydrogen-bond acceptors (Lipinski definition) is 10. The molecule has 2 heterocycles. The van der Waals surface area contributed by atoms with E-state index in [1.165, 1.54) is 23.5 Å². The number of unbranched alkanes of at least 4 members (excludes halogenated alkanes) is 1. The lowest BCUT2D eigenvalue weighted by molar-refractivity contribution is -0.123. The molecular weight excluding hydrogens is 745 g/mol. The summed E-state index contributed by atoms with van der Waals surface area (Å²) in [4.78, 5) is 97.9. The molecule has 290 valence electrons. The van der Waals surface area contributed by atoms with Crippen LogP contribution in [0.15, 0.2) is 67.1 Å². The van der Waals surface area contributed by atoms with Gasteiger partial charge in [-0.05, 0) is 42.9 Å². The van der Waals surface area contributed by atoms with Gasteiger partial charge in [0.25, 0.3) is 5.91 Å². The number of amides is 4. The van der Waals surface area contributed by atoms with E-state index >= 15 is 0 Å². The molecule has 1 aliphatic rings. The van der Waals surface area contributed by atoms with Crippen LogP contribution in [0.1, 0.15) is 62.0 Å². The topological polar surface area (TPSA) is 267 Å². The number of rotatable bonds is 18. The molecule has 0 bridgehead atoms. The maximum Gasteiger partial charge on any atom is 0.618 e. The summed E-state index contributed by atoms with van der Waals surface area (Å²) < 4.78 is 35.0. The number of benzene rings is 2. The SMILES string of the molecule is CC(C)C[C@@H](NC(=O)[C@@H](Cc1ccccc1)NC(=O)c1cnccn1)B1Oc2ccc(N(C)C(=O)CCCCC(=O)NC(P(=O)(O)O)P(=O)(O)O)cc2O1. The fraction of sp³-hybridized carbons (Fsp3) is 0.394. The maximum absolute atomic E-state index is 13.8. The van der Waals surface area contributed by atoms with E-state index < -0.39 is 57.5 Å². The monoisotopic (exact) mass is 788 g/mol. The molecule has 0 spiro atoms. The smallest absolute Gasteiger partial charge is 0.522 e. The van der Waals surface area contributed by atoms with Crippen LogP contribution in [0.4, 0.5) is 5.69 Å². The summed E-state index contributed by atoms with van der Waals surface area (Å²) in [7, 11) is -10.0. The van der Waals surface area contributed by atoms with Gasteiger partial charge in [-0.25, -0.2) is 4.98 Å². The molecule has 2 aromatic carbocycles. The molecule has 0 fully saturated rings. The van der Waals surface area contributed by atoms with Gasteiger partial charge in [0.05, 0.1) is 12.1 Å². The number of nitrogens with one attached hydrogen (secondary N) is 3. The molecule has 54 heavy (non-hydrogen) atoms. The zero-order valence-corrected chi connectivity index (χ0v) is 31.6. The Morgan fingerprint density at radius 2 is 1.54 bits per heavy atom. The van der Waals surface area contributed by atoms with Gasteiger partial charge < -0.3 is 49.7 Å². The molecule has 4 amide bonds. The van der Waals surface area contributed by atoms with Crippen molar-refractivity contribution >= 4 is 51.6 Å². The Bertz CT molecular complexity index is 1860. The van der Waals surface area contributed by atoms with Crippen molar-refractivity contribution in [2.45, 2.75) is 69.9 Å². The lowest BCUT2D eigenvalue weighted by Gasteiger charge is -2.25. The number of carbonyl (C=O) groups excluding carboxylic acids is 4. The number of aromatic nitrogens is 2. The molecule has 7 N–H and O–H groups in total. The quantitative estimate of drug-likeness (QED) is 0.0553. The number of anilines is 1. The molecule has 0 saturated heterocycles. The zero-order chi connectivity index (χ0) is 39.6. The van der Waals surface area contributed by atoms with E-state index in [4.69, 9.17) is 9.31 Å². The third kappa shape index (κ3) is 12.2. The van der Waals surface area contributed by atoms with Crippen LogP contribution in [-0.2, 0) is 29.9 Å². The van der Waals surface area contributed by atoms with Crippen molar-refractivity contribution in [3.63, 3.8) is 0 Å². The van der Waals surface area contributed by atoms with Crippen LogP contribution in [0, 0.1) is 5.92 Å². The van der Waals surface area contributed by atoms with Gasteiger partial charge in [0, 0.05) is 50.5 Å². The van der Waals surface area contributed by atoms with Gasteiger partial charge in [0.1, 0.15) is 23.2 Å². The lowest BCUT2D eigenvalue weighted by atomic mass is 9.74. The van der Waals surface area contributed by atoms with Crippen LogP contribution in [0.3, 0.4) is 0 Å². The minimum atomic E-state index is -5.32. The molecule has 1 aliphatic heterocycles. The van der Waals surface area contributed by atoms with Gasteiger partial charge in [-0.1, -0.05) is 44.2 Å².